The van der Waals surface area contributed by atoms with Gasteiger partial charge in [0.1, 0.15) is 5.75 Å². The molecule has 2 aromatic rings. The maximum atomic E-state index is 12.0. The van der Waals surface area contributed by atoms with Crippen molar-refractivity contribution >= 4 is 37.9 Å². The molecule has 2 N–H and O–H groups in total. The normalized spacial score (nSPS) is 11.5. The van der Waals surface area contributed by atoms with Gasteiger partial charge in [-0.05, 0) is 24.3 Å². The molecule has 2 rings (SSSR count). The molecule has 0 saturated heterocycles. The summed E-state index contributed by atoms with van der Waals surface area (Å²) in [4.78, 5) is 11.6. The summed E-state index contributed by atoms with van der Waals surface area (Å²) >= 11 is 3.21. The van der Waals surface area contributed by atoms with Crippen molar-refractivity contribution in [1.29, 1.82) is 0 Å². The van der Waals surface area contributed by atoms with Crippen molar-refractivity contribution in [3.8, 4) is 5.75 Å². The van der Waals surface area contributed by atoms with Crippen molar-refractivity contribution in [2.24, 2.45) is 5.10 Å². The first-order chi connectivity index (χ1) is 10.8. The fourth-order valence-electron chi connectivity index (χ4n) is 1.61. The van der Waals surface area contributed by atoms with E-state index in [9.17, 15) is 23.6 Å². The molecule has 8 nitrogen and oxygen atoms in total. The van der Waals surface area contributed by atoms with Gasteiger partial charge in [-0.15, -0.1) is 0 Å². The largest absolute Gasteiger partial charge is 0.507 e. The fraction of sp³-hybridized carbons (Fsp3) is 0. The number of hydrazone groups is 1. The van der Waals surface area contributed by atoms with Gasteiger partial charge in [-0.2, -0.15) is 13.5 Å². The van der Waals surface area contributed by atoms with Crippen LogP contribution in [0.25, 0.3) is 0 Å². The number of hydrogen-bond acceptors (Lipinski definition) is 6. The third-order valence-electron chi connectivity index (χ3n) is 2.70. The van der Waals surface area contributed by atoms with Crippen molar-refractivity contribution < 1.29 is 18.4 Å². The number of sulfonamides is 1. The van der Waals surface area contributed by atoms with E-state index < -0.39 is 14.9 Å². The van der Waals surface area contributed by atoms with Gasteiger partial charge in [0, 0.05) is 22.2 Å². The third-order valence-corrected chi connectivity index (χ3v) is 4.42. The van der Waals surface area contributed by atoms with E-state index in [1.807, 2.05) is 4.83 Å². The number of hydrogen-bond donors (Lipinski definition) is 2. The minimum Gasteiger partial charge on any atom is -0.507 e. The second-order valence-corrected chi connectivity index (χ2v) is 6.89. The van der Waals surface area contributed by atoms with E-state index in [2.05, 4.69) is 21.0 Å². The number of non-ortho nitro benzene ring substituents is 1. The number of phenols is 1. The van der Waals surface area contributed by atoms with Crippen LogP contribution in [0.3, 0.4) is 0 Å². The first kappa shape index (κ1) is 16.9. The first-order valence-electron chi connectivity index (χ1n) is 6.07. The number of benzene rings is 2. The monoisotopic (exact) mass is 399 g/mol. The fourth-order valence-corrected chi connectivity index (χ4v) is 2.82. The summed E-state index contributed by atoms with van der Waals surface area (Å²) in [6.07, 6.45) is 1.12. The van der Waals surface area contributed by atoms with Crippen molar-refractivity contribution in [2.75, 3.05) is 0 Å². The zero-order chi connectivity index (χ0) is 17.0. The summed E-state index contributed by atoms with van der Waals surface area (Å²) in [7, 11) is -4.06. The van der Waals surface area contributed by atoms with Gasteiger partial charge >= 0.3 is 0 Å². The van der Waals surface area contributed by atoms with Crippen LogP contribution in [0, 0.1) is 10.1 Å². The highest BCUT2D eigenvalue weighted by Crippen LogP contribution is 2.20. The van der Waals surface area contributed by atoms with Gasteiger partial charge in [0.2, 0.25) is 0 Å². The topological polar surface area (TPSA) is 122 Å². The lowest BCUT2D eigenvalue weighted by Crippen LogP contribution is -2.18. The molecular weight excluding hydrogens is 390 g/mol. The van der Waals surface area contributed by atoms with Gasteiger partial charge in [0.25, 0.3) is 15.7 Å². The third kappa shape index (κ3) is 4.27. The molecule has 0 heterocycles. The Bertz CT molecular complexity index is 883. The van der Waals surface area contributed by atoms with Crippen molar-refractivity contribution in [2.45, 2.75) is 4.90 Å². The predicted octanol–water partition coefficient (Wildman–Crippen LogP) is 2.38. The quantitative estimate of drug-likeness (QED) is 0.453. The second-order valence-electron chi connectivity index (χ2n) is 4.31. The Labute approximate surface area is 139 Å². The molecule has 23 heavy (non-hydrogen) atoms. The molecule has 0 bridgehead atoms. The Morgan fingerprint density at radius 3 is 2.70 bits per heavy atom. The minimum atomic E-state index is -4.06. The molecule has 0 radical (unpaired) electrons. The van der Waals surface area contributed by atoms with Gasteiger partial charge in [-0.25, -0.2) is 4.83 Å². The number of aromatic hydroxyl groups is 1. The van der Waals surface area contributed by atoms with Crippen molar-refractivity contribution in [1.82, 2.24) is 4.83 Å². The van der Waals surface area contributed by atoms with E-state index >= 15 is 0 Å². The minimum absolute atomic E-state index is 0.0773. The van der Waals surface area contributed by atoms with E-state index in [-0.39, 0.29) is 16.3 Å². The number of rotatable bonds is 5. The summed E-state index contributed by atoms with van der Waals surface area (Å²) in [5, 5.41) is 23.8. The lowest BCUT2D eigenvalue weighted by Gasteiger charge is -2.03. The Hall–Kier alpha value is -2.46. The van der Waals surface area contributed by atoms with Crippen LogP contribution in [0.15, 0.2) is 56.9 Å². The summed E-state index contributed by atoms with van der Waals surface area (Å²) in [5.74, 6) is -0.0773. The zero-order valence-corrected chi connectivity index (χ0v) is 13.8. The summed E-state index contributed by atoms with van der Waals surface area (Å²) < 4.78 is 24.7. The van der Waals surface area contributed by atoms with E-state index in [1.165, 1.54) is 24.3 Å². The molecule has 0 atom stereocenters. The summed E-state index contributed by atoms with van der Waals surface area (Å²) in [5.41, 5.74) is -0.0531. The van der Waals surface area contributed by atoms with Crippen LogP contribution >= 0.6 is 15.9 Å². The number of halogens is 1. The zero-order valence-electron chi connectivity index (χ0n) is 11.4. The van der Waals surface area contributed by atoms with Gasteiger partial charge in [0.05, 0.1) is 16.0 Å². The van der Waals surface area contributed by atoms with Gasteiger partial charge in [-0.1, -0.05) is 22.0 Å². The molecule has 0 fully saturated rings. The molecule has 0 aliphatic heterocycles. The average molecular weight is 400 g/mol. The summed E-state index contributed by atoms with van der Waals surface area (Å²) in [6.45, 7) is 0. The molecular formula is C13H10BrN3O5S. The number of nitro benzene ring substituents is 1. The Morgan fingerprint density at radius 2 is 2.00 bits per heavy atom. The molecule has 10 heteroatoms. The molecule has 0 aliphatic rings. The average Bonchev–Trinajstić information content (AvgIpc) is 2.50. The van der Waals surface area contributed by atoms with Gasteiger partial charge < -0.3 is 5.11 Å². The lowest BCUT2D eigenvalue weighted by atomic mass is 10.2. The second kappa shape index (κ2) is 6.75. The molecule has 2 aromatic carbocycles. The molecule has 0 saturated carbocycles. The molecule has 120 valence electrons. The molecule has 0 aromatic heterocycles. The van der Waals surface area contributed by atoms with Crippen LogP contribution in [0.1, 0.15) is 5.56 Å². The van der Waals surface area contributed by atoms with Gasteiger partial charge in [-0.3, -0.25) is 10.1 Å². The number of phenolic OH excluding ortho intramolecular Hbond substituents is 1. The van der Waals surface area contributed by atoms with Crippen molar-refractivity contribution in [3.63, 3.8) is 0 Å². The standard InChI is InChI=1S/C13H10BrN3O5S/c14-10-4-5-13(18)9(6-10)8-15-16-23(21,22)12-3-1-2-11(7-12)17(19)20/h1-8,16,18H/b15-8+. The van der Waals surface area contributed by atoms with Crippen LogP contribution in [0.2, 0.25) is 0 Å². The van der Waals surface area contributed by atoms with Crippen LogP contribution in [0.4, 0.5) is 5.69 Å². The maximum Gasteiger partial charge on any atom is 0.276 e. The van der Waals surface area contributed by atoms with Crippen LogP contribution in [0.5, 0.6) is 5.75 Å². The SMILES string of the molecule is O=[N+]([O-])c1cccc(S(=O)(=O)N/N=C/c2cc(Br)ccc2O)c1. The molecule has 0 spiro atoms. The highest BCUT2D eigenvalue weighted by molar-refractivity contribution is 9.10. The van der Waals surface area contributed by atoms with E-state index in [0.717, 1.165) is 12.3 Å². The predicted molar refractivity (Wildman–Crippen MR) is 86.8 cm³/mol. The van der Waals surface area contributed by atoms with Gasteiger partial charge in [0.15, 0.2) is 0 Å². The molecule has 0 unspecified atom stereocenters. The van der Waals surface area contributed by atoms with Crippen LogP contribution in [-0.4, -0.2) is 24.7 Å². The first-order valence-corrected chi connectivity index (χ1v) is 8.35. The summed E-state index contributed by atoms with van der Waals surface area (Å²) in [6, 6.07) is 9.15. The van der Waals surface area contributed by atoms with Crippen LogP contribution in [-0.2, 0) is 10.0 Å². The Morgan fingerprint density at radius 1 is 1.26 bits per heavy atom. The number of nitrogens with zero attached hydrogens (tertiary/aromatic N) is 2. The Kier molecular flexibility index (Phi) is 4.96. The molecule has 0 amide bonds. The Balaban J connectivity index is 2.22. The van der Waals surface area contributed by atoms with Crippen molar-refractivity contribution in [3.05, 3.63) is 62.6 Å². The highest BCUT2D eigenvalue weighted by Gasteiger charge is 2.16. The van der Waals surface area contributed by atoms with E-state index in [4.69, 9.17) is 0 Å². The highest BCUT2D eigenvalue weighted by atomic mass is 79.9. The van der Waals surface area contributed by atoms with E-state index in [0.29, 0.717) is 10.0 Å². The maximum absolute atomic E-state index is 12.0. The van der Waals surface area contributed by atoms with Crippen LogP contribution < -0.4 is 4.83 Å². The lowest BCUT2D eigenvalue weighted by molar-refractivity contribution is -0.385. The molecule has 0 aliphatic carbocycles. The smallest absolute Gasteiger partial charge is 0.276 e. The number of nitrogens with one attached hydrogen (secondary N) is 1. The number of nitro groups is 1. The van der Waals surface area contributed by atoms with E-state index in [1.54, 1.807) is 12.1 Å².